The average Bonchev–Trinajstić information content (AvgIpc) is 2.90. The average molecular weight is 280 g/mol. The number of thiazole rings is 1. The summed E-state index contributed by atoms with van der Waals surface area (Å²) < 4.78 is 0. The van der Waals surface area contributed by atoms with Crippen molar-refractivity contribution < 1.29 is 9.90 Å². The molecule has 2 aliphatic rings. The molecule has 1 aromatic heterocycles. The molecule has 2 bridgehead atoms. The quantitative estimate of drug-likeness (QED) is 0.920. The molecular weight excluding hydrogens is 260 g/mol. The molecule has 2 atom stereocenters. The Labute approximate surface area is 117 Å². The number of carboxylic acid groups (broad SMARTS) is 1. The van der Waals surface area contributed by atoms with Gasteiger partial charge in [0, 0.05) is 29.8 Å². The Hall–Kier alpha value is -0.940. The molecule has 3 rings (SSSR count). The zero-order chi connectivity index (χ0) is 13.4. The van der Waals surface area contributed by atoms with Crippen LogP contribution in [-0.2, 0) is 11.2 Å². The molecule has 0 aromatic carbocycles. The minimum atomic E-state index is -0.744. The third-order valence-electron chi connectivity index (χ3n) is 4.61. The molecule has 4 nitrogen and oxygen atoms in total. The van der Waals surface area contributed by atoms with Gasteiger partial charge in [-0.2, -0.15) is 0 Å². The van der Waals surface area contributed by atoms with Gasteiger partial charge in [0.15, 0.2) is 0 Å². The summed E-state index contributed by atoms with van der Waals surface area (Å²) in [6.07, 6.45) is 5.84. The van der Waals surface area contributed by atoms with Crippen LogP contribution in [0, 0.1) is 0 Å². The number of piperidine rings is 1. The van der Waals surface area contributed by atoms with Crippen molar-refractivity contribution in [2.45, 2.75) is 56.5 Å². The van der Waals surface area contributed by atoms with Crippen LogP contribution in [0.15, 0.2) is 5.38 Å². The number of carboxylic acids is 1. The fraction of sp³-hybridized carbons (Fsp3) is 0.714. The molecule has 0 saturated carbocycles. The number of carbonyl (C=O) groups is 1. The Morgan fingerprint density at radius 1 is 1.47 bits per heavy atom. The van der Waals surface area contributed by atoms with E-state index in [-0.39, 0.29) is 6.42 Å². The molecular formula is C14H20N2O2S. The summed E-state index contributed by atoms with van der Waals surface area (Å²) in [6, 6.07) is 1.46. The van der Waals surface area contributed by atoms with Crippen molar-refractivity contribution >= 4 is 17.3 Å². The van der Waals surface area contributed by atoms with Gasteiger partial charge >= 0.3 is 5.97 Å². The summed E-state index contributed by atoms with van der Waals surface area (Å²) in [5.41, 5.74) is 0.952. The van der Waals surface area contributed by atoms with Gasteiger partial charge in [0.1, 0.15) is 0 Å². The second-order valence-electron chi connectivity index (χ2n) is 5.79. The maximum absolute atomic E-state index is 10.6. The topological polar surface area (TPSA) is 53.4 Å². The second kappa shape index (κ2) is 5.21. The maximum Gasteiger partial charge on any atom is 0.303 e. The molecule has 0 amide bonds. The van der Waals surface area contributed by atoms with E-state index in [2.05, 4.69) is 16.9 Å². The number of aryl methyl sites for hydroxylation is 1. The van der Waals surface area contributed by atoms with Crippen LogP contribution in [0.1, 0.15) is 48.7 Å². The number of hydrogen-bond donors (Lipinski definition) is 1. The molecule has 1 aromatic rings. The highest BCUT2D eigenvalue weighted by Gasteiger charge is 2.39. The Bertz CT molecular complexity index is 460. The van der Waals surface area contributed by atoms with Crippen molar-refractivity contribution in [3.05, 3.63) is 16.1 Å². The first-order valence-corrected chi connectivity index (χ1v) is 7.89. The standard InChI is InChI=1S/C14H20N2O2S/c1-16-11-3-4-12(16)7-9(6-11)14-15-10(8-19-14)2-5-13(17)18/h8-9,11-12H,2-7H2,1H3,(H,17,18). The van der Waals surface area contributed by atoms with Gasteiger partial charge < -0.3 is 10.0 Å². The predicted molar refractivity (Wildman–Crippen MR) is 74.6 cm³/mol. The van der Waals surface area contributed by atoms with E-state index in [4.69, 9.17) is 5.11 Å². The molecule has 0 radical (unpaired) electrons. The van der Waals surface area contributed by atoms with Gasteiger partial charge in [-0.15, -0.1) is 11.3 Å². The van der Waals surface area contributed by atoms with Crippen LogP contribution in [-0.4, -0.2) is 40.1 Å². The number of hydrogen-bond acceptors (Lipinski definition) is 4. The number of aromatic nitrogens is 1. The first-order valence-electron chi connectivity index (χ1n) is 7.01. The van der Waals surface area contributed by atoms with Crippen LogP contribution in [0.3, 0.4) is 0 Å². The molecule has 2 unspecified atom stereocenters. The van der Waals surface area contributed by atoms with E-state index >= 15 is 0 Å². The van der Waals surface area contributed by atoms with Crippen LogP contribution in [0.4, 0.5) is 0 Å². The summed E-state index contributed by atoms with van der Waals surface area (Å²) >= 11 is 1.72. The summed E-state index contributed by atoms with van der Waals surface area (Å²) in [7, 11) is 2.25. The van der Waals surface area contributed by atoms with Crippen LogP contribution in [0.25, 0.3) is 0 Å². The lowest BCUT2D eigenvalue weighted by atomic mass is 9.92. The molecule has 5 heteroatoms. The highest BCUT2D eigenvalue weighted by atomic mass is 32.1. The van der Waals surface area contributed by atoms with Gasteiger partial charge in [-0.05, 0) is 32.7 Å². The number of fused-ring (bicyclic) bond motifs is 2. The van der Waals surface area contributed by atoms with Crippen molar-refractivity contribution in [3.8, 4) is 0 Å². The molecule has 3 heterocycles. The van der Waals surface area contributed by atoms with Gasteiger partial charge in [-0.1, -0.05) is 0 Å². The predicted octanol–water partition coefficient (Wildman–Crippen LogP) is 2.50. The zero-order valence-electron chi connectivity index (χ0n) is 11.2. The van der Waals surface area contributed by atoms with E-state index in [1.54, 1.807) is 11.3 Å². The number of aliphatic carboxylic acids is 1. The highest BCUT2D eigenvalue weighted by Crippen LogP contribution is 2.42. The second-order valence-corrected chi connectivity index (χ2v) is 6.68. The maximum atomic E-state index is 10.6. The first kappa shape index (κ1) is 13.1. The van der Waals surface area contributed by atoms with Crippen LogP contribution in [0.5, 0.6) is 0 Å². The van der Waals surface area contributed by atoms with Crippen LogP contribution >= 0.6 is 11.3 Å². The van der Waals surface area contributed by atoms with Gasteiger partial charge in [0.2, 0.25) is 0 Å². The Morgan fingerprint density at radius 2 is 2.16 bits per heavy atom. The minimum Gasteiger partial charge on any atom is -0.481 e. The van der Waals surface area contributed by atoms with Crippen molar-refractivity contribution in [2.75, 3.05) is 7.05 Å². The van der Waals surface area contributed by atoms with E-state index in [0.717, 1.165) is 17.8 Å². The minimum absolute atomic E-state index is 0.182. The lowest BCUT2D eigenvalue weighted by molar-refractivity contribution is -0.136. The van der Waals surface area contributed by atoms with Crippen molar-refractivity contribution in [2.24, 2.45) is 0 Å². The van der Waals surface area contributed by atoms with Crippen molar-refractivity contribution in [1.82, 2.24) is 9.88 Å². The SMILES string of the molecule is CN1C2CCC1CC(c1nc(CCC(=O)O)cs1)C2. The third kappa shape index (κ3) is 2.67. The van der Waals surface area contributed by atoms with Crippen LogP contribution in [0.2, 0.25) is 0 Å². The summed E-state index contributed by atoms with van der Waals surface area (Å²) in [5, 5.41) is 12.0. The van der Waals surface area contributed by atoms with Gasteiger partial charge in [-0.25, -0.2) is 4.98 Å². The number of nitrogens with zero attached hydrogens (tertiary/aromatic N) is 2. The fourth-order valence-corrected chi connectivity index (χ4v) is 4.46. The third-order valence-corrected chi connectivity index (χ3v) is 5.67. The van der Waals surface area contributed by atoms with E-state index in [1.807, 2.05) is 5.38 Å². The van der Waals surface area contributed by atoms with E-state index in [9.17, 15) is 4.79 Å². The molecule has 0 aliphatic carbocycles. The highest BCUT2D eigenvalue weighted by molar-refractivity contribution is 7.09. The Kier molecular flexibility index (Phi) is 3.58. The largest absolute Gasteiger partial charge is 0.481 e. The van der Waals surface area contributed by atoms with Gasteiger partial charge in [0.05, 0.1) is 17.1 Å². The molecule has 19 heavy (non-hydrogen) atoms. The lowest BCUT2D eigenvalue weighted by Gasteiger charge is -2.35. The van der Waals surface area contributed by atoms with Crippen LogP contribution < -0.4 is 0 Å². The Morgan fingerprint density at radius 3 is 2.79 bits per heavy atom. The molecule has 104 valence electrons. The molecule has 1 N–H and O–H groups in total. The molecule has 2 fully saturated rings. The molecule has 2 saturated heterocycles. The Balaban J connectivity index is 1.65. The van der Waals surface area contributed by atoms with Crippen molar-refractivity contribution in [1.29, 1.82) is 0 Å². The fourth-order valence-electron chi connectivity index (χ4n) is 3.47. The lowest BCUT2D eigenvalue weighted by Crippen LogP contribution is -2.39. The summed E-state index contributed by atoms with van der Waals surface area (Å²) in [5.74, 6) is -0.149. The van der Waals surface area contributed by atoms with Gasteiger partial charge in [0.25, 0.3) is 0 Å². The molecule has 2 aliphatic heterocycles. The van der Waals surface area contributed by atoms with Crippen molar-refractivity contribution in [3.63, 3.8) is 0 Å². The smallest absolute Gasteiger partial charge is 0.303 e. The van der Waals surface area contributed by atoms with Gasteiger partial charge in [-0.3, -0.25) is 4.79 Å². The van der Waals surface area contributed by atoms with E-state index in [0.29, 0.717) is 12.3 Å². The number of rotatable bonds is 4. The first-order chi connectivity index (χ1) is 9.13. The monoisotopic (exact) mass is 280 g/mol. The normalized spacial score (nSPS) is 30.7. The molecule has 0 spiro atoms. The van der Waals surface area contributed by atoms with E-state index < -0.39 is 5.97 Å². The van der Waals surface area contributed by atoms with E-state index in [1.165, 1.54) is 30.7 Å². The zero-order valence-corrected chi connectivity index (χ0v) is 12.0. The summed E-state index contributed by atoms with van der Waals surface area (Å²) in [6.45, 7) is 0. The summed E-state index contributed by atoms with van der Waals surface area (Å²) in [4.78, 5) is 17.8.